The van der Waals surface area contributed by atoms with Crippen LogP contribution in [0.25, 0.3) is 0 Å². The molecule has 1 rings (SSSR count). The third-order valence-corrected chi connectivity index (χ3v) is 3.27. The first-order valence-corrected chi connectivity index (χ1v) is 7.69. The largest absolute Gasteiger partial charge is 0.386 e. The molecule has 0 spiro atoms. The average Bonchev–Trinajstić information content (AvgIpc) is 2.44. The minimum Gasteiger partial charge on any atom is -0.386 e. The van der Waals surface area contributed by atoms with Crippen molar-refractivity contribution in [2.75, 3.05) is 19.6 Å². The topological polar surface area (TPSA) is 56.7 Å². The van der Waals surface area contributed by atoms with E-state index in [1.807, 2.05) is 26.0 Å². The monoisotopic (exact) mass is 291 g/mol. The van der Waals surface area contributed by atoms with Crippen LogP contribution >= 0.6 is 0 Å². The van der Waals surface area contributed by atoms with Crippen LogP contribution in [0.3, 0.4) is 0 Å². The molecule has 1 atom stereocenters. The van der Waals surface area contributed by atoms with Gasteiger partial charge in [0, 0.05) is 13.1 Å². The van der Waals surface area contributed by atoms with Crippen molar-refractivity contribution < 1.29 is 5.11 Å². The van der Waals surface area contributed by atoms with Gasteiger partial charge in [0.25, 0.3) is 0 Å². The van der Waals surface area contributed by atoms with Crippen molar-refractivity contribution in [3.05, 3.63) is 35.4 Å². The summed E-state index contributed by atoms with van der Waals surface area (Å²) in [7, 11) is 0. The highest BCUT2D eigenvalue weighted by Gasteiger charge is 2.14. The normalized spacial score (nSPS) is 12.7. The van der Waals surface area contributed by atoms with E-state index in [1.54, 1.807) is 0 Å². The van der Waals surface area contributed by atoms with Crippen molar-refractivity contribution in [1.29, 1.82) is 0 Å². The molecule has 0 aliphatic rings. The molecule has 0 aliphatic heterocycles. The van der Waals surface area contributed by atoms with E-state index >= 15 is 0 Å². The van der Waals surface area contributed by atoms with Gasteiger partial charge in [-0.2, -0.15) is 0 Å². The zero-order valence-electron chi connectivity index (χ0n) is 13.9. The number of hydrogen-bond donors (Lipinski definition) is 3. The van der Waals surface area contributed by atoms with Crippen molar-refractivity contribution in [1.82, 2.24) is 10.6 Å². The van der Waals surface area contributed by atoms with Crippen molar-refractivity contribution in [2.24, 2.45) is 4.99 Å². The molecule has 0 amide bonds. The van der Waals surface area contributed by atoms with Crippen LogP contribution in [0.15, 0.2) is 29.3 Å². The van der Waals surface area contributed by atoms with Crippen LogP contribution in [0.5, 0.6) is 0 Å². The molecule has 0 saturated carbocycles. The first-order chi connectivity index (χ1) is 9.88. The summed E-state index contributed by atoms with van der Waals surface area (Å²) in [6.45, 7) is 12.6. The molecule has 4 nitrogen and oxygen atoms in total. The molecule has 4 heteroatoms. The van der Waals surface area contributed by atoms with Gasteiger partial charge in [-0.1, -0.05) is 45.0 Å². The third-order valence-electron chi connectivity index (χ3n) is 3.27. The summed E-state index contributed by atoms with van der Waals surface area (Å²) in [5, 5.41) is 16.5. The van der Waals surface area contributed by atoms with Gasteiger partial charge in [0.1, 0.15) is 0 Å². The Morgan fingerprint density at radius 2 is 1.62 bits per heavy atom. The van der Waals surface area contributed by atoms with Crippen LogP contribution in [0, 0.1) is 0 Å². The number of benzene rings is 1. The molecule has 118 valence electrons. The fourth-order valence-corrected chi connectivity index (χ4v) is 2.00. The summed E-state index contributed by atoms with van der Waals surface area (Å²) in [6, 6.07) is 8.14. The van der Waals surface area contributed by atoms with Crippen molar-refractivity contribution >= 4 is 5.96 Å². The maximum atomic E-state index is 10.2. The molecule has 0 saturated heterocycles. The lowest BCUT2D eigenvalue weighted by atomic mass is 9.86. The Labute approximate surface area is 128 Å². The predicted octanol–water partition coefficient (Wildman–Crippen LogP) is 2.59. The van der Waals surface area contributed by atoms with Crippen LogP contribution < -0.4 is 10.6 Å². The summed E-state index contributed by atoms with van der Waals surface area (Å²) >= 11 is 0. The van der Waals surface area contributed by atoms with E-state index in [0.29, 0.717) is 6.54 Å². The predicted molar refractivity (Wildman–Crippen MR) is 89.8 cm³/mol. The van der Waals surface area contributed by atoms with Gasteiger partial charge in [0.05, 0.1) is 12.6 Å². The molecule has 0 heterocycles. The van der Waals surface area contributed by atoms with E-state index < -0.39 is 6.10 Å². The number of guanidine groups is 1. The minimum atomic E-state index is -0.577. The smallest absolute Gasteiger partial charge is 0.191 e. The summed E-state index contributed by atoms with van der Waals surface area (Å²) in [6.07, 6.45) is -0.577. The summed E-state index contributed by atoms with van der Waals surface area (Å²) in [4.78, 5) is 4.40. The first kappa shape index (κ1) is 17.5. The summed E-state index contributed by atoms with van der Waals surface area (Å²) in [5.74, 6) is 0.741. The molecular formula is C17H29N3O. The van der Waals surface area contributed by atoms with Gasteiger partial charge in [-0.25, -0.2) is 0 Å². The standard InChI is InChI=1S/C17H29N3O/c1-6-18-16(19-7-2)20-12-15(21)13-8-10-14(11-9-13)17(3,4)5/h8-11,15,21H,6-7,12H2,1-5H3,(H2,18,19,20). The zero-order valence-corrected chi connectivity index (χ0v) is 13.9. The van der Waals surface area contributed by atoms with Gasteiger partial charge in [-0.3, -0.25) is 4.99 Å². The van der Waals surface area contributed by atoms with E-state index in [9.17, 15) is 5.11 Å². The Hall–Kier alpha value is -1.55. The van der Waals surface area contributed by atoms with E-state index in [4.69, 9.17) is 0 Å². The number of aliphatic imine (C=N–C) groups is 1. The van der Waals surface area contributed by atoms with Crippen molar-refractivity contribution in [2.45, 2.75) is 46.1 Å². The number of hydrogen-bond acceptors (Lipinski definition) is 2. The van der Waals surface area contributed by atoms with Crippen LogP contribution in [-0.2, 0) is 5.41 Å². The minimum absolute atomic E-state index is 0.130. The van der Waals surface area contributed by atoms with Crippen LogP contribution in [0.4, 0.5) is 0 Å². The van der Waals surface area contributed by atoms with Crippen LogP contribution in [0.1, 0.15) is 51.8 Å². The number of nitrogens with one attached hydrogen (secondary N) is 2. The Morgan fingerprint density at radius 3 is 2.05 bits per heavy atom. The second kappa shape index (κ2) is 8.03. The lowest BCUT2D eigenvalue weighted by molar-refractivity contribution is 0.187. The summed E-state index contributed by atoms with van der Waals surface area (Å²) < 4.78 is 0. The second-order valence-corrected chi connectivity index (χ2v) is 6.14. The molecule has 1 unspecified atom stereocenters. The van der Waals surface area contributed by atoms with Crippen LogP contribution in [-0.4, -0.2) is 30.7 Å². The first-order valence-electron chi connectivity index (χ1n) is 7.69. The molecule has 0 radical (unpaired) electrons. The van der Waals surface area contributed by atoms with E-state index in [0.717, 1.165) is 24.6 Å². The molecule has 1 aromatic rings. The van der Waals surface area contributed by atoms with Crippen molar-refractivity contribution in [3.63, 3.8) is 0 Å². The third kappa shape index (κ3) is 5.76. The number of nitrogens with zero attached hydrogens (tertiary/aromatic N) is 1. The van der Waals surface area contributed by atoms with E-state index in [2.05, 4.69) is 48.5 Å². The van der Waals surface area contributed by atoms with E-state index in [-0.39, 0.29) is 5.41 Å². The highest BCUT2D eigenvalue weighted by Crippen LogP contribution is 2.24. The molecule has 0 fully saturated rings. The highest BCUT2D eigenvalue weighted by molar-refractivity contribution is 5.79. The SMILES string of the molecule is CCNC(=NCC(O)c1ccc(C(C)(C)C)cc1)NCC. The molecule has 0 aliphatic carbocycles. The molecular weight excluding hydrogens is 262 g/mol. The fourth-order valence-electron chi connectivity index (χ4n) is 2.00. The van der Waals surface area contributed by atoms with Crippen LogP contribution in [0.2, 0.25) is 0 Å². The van der Waals surface area contributed by atoms with Gasteiger partial charge >= 0.3 is 0 Å². The zero-order chi connectivity index (χ0) is 15.9. The second-order valence-electron chi connectivity index (χ2n) is 6.14. The molecule has 0 aromatic heterocycles. The number of rotatable bonds is 5. The Kier molecular flexibility index (Phi) is 6.69. The molecule has 3 N–H and O–H groups in total. The fraction of sp³-hybridized carbons (Fsp3) is 0.588. The Morgan fingerprint density at radius 1 is 1.10 bits per heavy atom. The van der Waals surface area contributed by atoms with E-state index in [1.165, 1.54) is 5.56 Å². The lowest BCUT2D eigenvalue weighted by Crippen LogP contribution is -2.37. The average molecular weight is 291 g/mol. The maximum Gasteiger partial charge on any atom is 0.191 e. The summed E-state index contributed by atoms with van der Waals surface area (Å²) in [5.41, 5.74) is 2.30. The van der Waals surface area contributed by atoms with Gasteiger partial charge in [-0.15, -0.1) is 0 Å². The Bertz CT molecular complexity index is 438. The number of aliphatic hydroxyl groups excluding tert-OH is 1. The quantitative estimate of drug-likeness (QED) is 0.577. The molecule has 0 bridgehead atoms. The van der Waals surface area contributed by atoms with Gasteiger partial charge < -0.3 is 15.7 Å². The molecule has 21 heavy (non-hydrogen) atoms. The maximum absolute atomic E-state index is 10.2. The highest BCUT2D eigenvalue weighted by atomic mass is 16.3. The van der Waals surface area contributed by atoms with Gasteiger partial charge in [-0.05, 0) is 30.4 Å². The Balaban J connectivity index is 2.70. The van der Waals surface area contributed by atoms with Gasteiger partial charge in [0.2, 0.25) is 0 Å². The van der Waals surface area contributed by atoms with Gasteiger partial charge in [0.15, 0.2) is 5.96 Å². The number of aliphatic hydroxyl groups is 1. The molecule has 1 aromatic carbocycles. The lowest BCUT2D eigenvalue weighted by Gasteiger charge is -2.20. The van der Waals surface area contributed by atoms with Crippen molar-refractivity contribution in [3.8, 4) is 0 Å².